The van der Waals surface area contributed by atoms with Gasteiger partial charge < -0.3 is 0 Å². The summed E-state index contributed by atoms with van der Waals surface area (Å²) in [4.78, 5) is 12.7. The molecule has 84 valence electrons. The summed E-state index contributed by atoms with van der Waals surface area (Å²) in [6, 6.07) is 1.96. The van der Waals surface area contributed by atoms with Crippen LogP contribution in [0, 0.1) is 11.3 Å². The molecule has 17 heavy (non-hydrogen) atoms. The lowest BCUT2D eigenvalue weighted by Gasteiger charge is -2.12. The minimum Gasteiger partial charge on any atom is -0.286 e. The van der Waals surface area contributed by atoms with Crippen LogP contribution in [0.25, 0.3) is 5.82 Å². The lowest BCUT2D eigenvalue weighted by atomic mass is 10.0. The second-order valence-corrected chi connectivity index (χ2v) is 4.09. The Morgan fingerprint density at radius 1 is 1.12 bits per heavy atom. The number of imidazole rings is 1. The molecule has 0 fully saturated rings. The summed E-state index contributed by atoms with van der Waals surface area (Å²) in [6.07, 6.45) is 9.40. The van der Waals surface area contributed by atoms with E-state index in [4.69, 9.17) is 5.26 Å². The van der Waals surface area contributed by atoms with Crippen molar-refractivity contribution in [2.45, 2.75) is 25.7 Å². The van der Waals surface area contributed by atoms with Gasteiger partial charge in [-0.1, -0.05) is 0 Å². The van der Waals surface area contributed by atoms with Gasteiger partial charge in [-0.15, -0.1) is 0 Å². The zero-order chi connectivity index (χ0) is 11.7. The van der Waals surface area contributed by atoms with Crippen molar-refractivity contribution in [1.29, 1.82) is 5.26 Å². The fourth-order valence-corrected chi connectivity index (χ4v) is 2.17. The maximum Gasteiger partial charge on any atom is 0.158 e. The minimum atomic E-state index is 0.336. The Kier molecular flexibility index (Phi) is 2.33. The van der Waals surface area contributed by atoms with E-state index in [0.29, 0.717) is 5.69 Å². The molecule has 3 rings (SSSR count). The van der Waals surface area contributed by atoms with Gasteiger partial charge >= 0.3 is 0 Å². The molecule has 5 heteroatoms. The highest BCUT2D eigenvalue weighted by Crippen LogP contribution is 2.21. The summed E-state index contributed by atoms with van der Waals surface area (Å²) >= 11 is 0. The first kappa shape index (κ1) is 9.97. The molecule has 0 aromatic carbocycles. The van der Waals surface area contributed by atoms with Crippen molar-refractivity contribution >= 4 is 0 Å². The third-order valence-corrected chi connectivity index (χ3v) is 3.03. The Bertz CT molecular complexity index is 576. The SMILES string of the molecule is N#Cc1cnc(-n2cnc3c2CCCC3)cn1. The van der Waals surface area contributed by atoms with Gasteiger partial charge in [0, 0.05) is 5.69 Å². The van der Waals surface area contributed by atoms with Crippen molar-refractivity contribution < 1.29 is 0 Å². The van der Waals surface area contributed by atoms with Crippen LogP contribution in [0.4, 0.5) is 0 Å². The highest BCUT2D eigenvalue weighted by atomic mass is 15.1. The molecule has 0 bridgehead atoms. The summed E-state index contributed by atoms with van der Waals surface area (Å²) in [5, 5.41) is 8.68. The number of nitrogens with zero attached hydrogens (tertiary/aromatic N) is 5. The van der Waals surface area contributed by atoms with E-state index in [-0.39, 0.29) is 0 Å². The molecule has 5 nitrogen and oxygen atoms in total. The maximum absolute atomic E-state index is 8.68. The van der Waals surface area contributed by atoms with Crippen molar-refractivity contribution in [3.8, 4) is 11.9 Å². The monoisotopic (exact) mass is 225 g/mol. The van der Waals surface area contributed by atoms with Crippen LogP contribution in [0.1, 0.15) is 29.9 Å². The molecule has 2 aromatic heterocycles. The van der Waals surface area contributed by atoms with Gasteiger partial charge in [-0.2, -0.15) is 5.26 Å². The van der Waals surface area contributed by atoms with Gasteiger partial charge in [-0.05, 0) is 25.7 Å². The molecule has 0 radical (unpaired) electrons. The lowest BCUT2D eigenvalue weighted by Crippen LogP contribution is -2.08. The predicted octanol–water partition coefficient (Wildman–Crippen LogP) is 1.41. The first-order valence-electron chi connectivity index (χ1n) is 5.66. The highest BCUT2D eigenvalue weighted by molar-refractivity contribution is 5.29. The van der Waals surface area contributed by atoms with Gasteiger partial charge in [0.2, 0.25) is 0 Å². The average Bonchev–Trinajstić information content (AvgIpc) is 2.83. The molecule has 0 saturated heterocycles. The van der Waals surface area contributed by atoms with E-state index < -0.39 is 0 Å². The molecule has 1 aliphatic carbocycles. The second kappa shape index (κ2) is 3.98. The topological polar surface area (TPSA) is 67.4 Å². The van der Waals surface area contributed by atoms with Gasteiger partial charge in [0.25, 0.3) is 0 Å². The molecule has 0 atom stereocenters. The van der Waals surface area contributed by atoms with Crippen LogP contribution in [0.15, 0.2) is 18.7 Å². The number of aryl methyl sites for hydroxylation is 1. The Morgan fingerprint density at radius 3 is 2.76 bits per heavy atom. The van der Waals surface area contributed by atoms with Crippen molar-refractivity contribution in [2.24, 2.45) is 0 Å². The van der Waals surface area contributed by atoms with E-state index >= 15 is 0 Å². The second-order valence-electron chi connectivity index (χ2n) is 4.09. The molecule has 0 unspecified atom stereocenters. The van der Waals surface area contributed by atoms with Crippen LogP contribution in [0.5, 0.6) is 0 Å². The van der Waals surface area contributed by atoms with E-state index in [2.05, 4.69) is 15.0 Å². The van der Waals surface area contributed by atoms with Gasteiger partial charge in [-0.25, -0.2) is 15.0 Å². The van der Waals surface area contributed by atoms with E-state index in [9.17, 15) is 0 Å². The Hall–Kier alpha value is -2.22. The average molecular weight is 225 g/mol. The highest BCUT2D eigenvalue weighted by Gasteiger charge is 2.16. The third kappa shape index (κ3) is 1.68. The molecule has 0 amide bonds. The van der Waals surface area contributed by atoms with Gasteiger partial charge in [0.1, 0.15) is 12.4 Å². The fraction of sp³-hybridized carbons (Fsp3) is 0.333. The number of aromatic nitrogens is 4. The van der Waals surface area contributed by atoms with E-state index in [0.717, 1.165) is 18.7 Å². The van der Waals surface area contributed by atoms with Gasteiger partial charge in [-0.3, -0.25) is 4.57 Å². The fourth-order valence-electron chi connectivity index (χ4n) is 2.17. The molecular weight excluding hydrogens is 214 g/mol. The van der Waals surface area contributed by atoms with Crippen molar-refractivity contribution in [2.75, 3.05) is 0 Å². The van der Waals surface area contributed by atoms with Crippen LogP contribution in [-0.4, -0.2) is 19.5 Å². The van der Waals surface area contributed by atoms with Crippen LogP contribution in [0.2, 0.25) is 0 Å². The van der Waals surface area contributed by atoms with E-state index in [1.807, 2.05) is 10.6 Å². The van der Waals surface area contributed by atoms with Crippen LogP contribution < -0.4 is 0 Å². The molecule has 0 spiro atoms. The lowest BCUT2D eigenvalue weighted by molar-refractivity contribution is 0.653. The number of nitriles is 1. The van der Waals surface area contributed by atoms with Crippen LogP contribution in [0.3, 0.4) is 0 Å². The quantitative estimate of drug-likeness (QED) is 0.736. The first-order chi connectivity index (χ1) is 8.38. The molecule has 0 aliphatic heterocycles. The molecule has 2 aromatic rings. The largest absolute Gasteiger partial charge is 0.286 e. The van der Waals surface area contributed by atoms with Crippen LogP contribution in [-0.2, 0) is 12.8 Å². The summed E-state index contributed by atoms with van der Waals surface area (Å²) in [7, 11) is 0. The van der Waals surface area contributed by atoms with Gasteiger partial charge in [0.15, 0.2) is 11.5 Å². The van der Waals surface area contributed by atoms with E-state index in [1.165, 1.54) is 30.4 Å². The van der Waals surface area contributed by atoms with Crippen LogP contribution >= 0.6 is 0 Å². The smallest absolute Gasteiger partial charge is 0.158 e. The molecular formula is C12H11N5. The Balaban J connectivity index is 2.03. The molecule has 0 N–H and O–H groups in total. The Labute approximate surface area is 98.8 Å². The minimum absolute atomic E-state index is 0.336. The summed E-state index contributed by atoms with van der Waals surface area (Å²) in [6.45, 7) is 0. The molecule has 2 heterocycles. The first-order valence-corrected chi connectivity index (χ1v) is 5.66. The Morgan fingerprint density at radius 2 is 2.00 bits per heavy atom. The van der Waals surface area contributed by atoms with E-state index in [1.54, 1.807) is 12.5 Å². The predicted molar refractivity (Wildman–Crippen MR) is 60.5 cm³/mol. The van der Waals surface area contributed by atoms with Crippen molar-refractivity contribution in [3.63, 3.8) is 0 Å². The standard InChI is InChI=1S/C12H11N5/c13-5-9-6-15-12(7-14-9)17-8-16-10-3-1-2-4-11(10)17/h6-8H,1-4H2. The van der Waals surface area contributed by atoms with Crippen molar-refractivity contribution in [3.05, 3.63) is 35.8 Å². The van der Waals surface area contributed by atoms with Gasteiger partial charge in [0.05, 0.1) is 18.1 Å². The number of hydrogen-bond acceptors (Lipinski definition) is 4. The number of rotatable bonds is 1. The summed E-state index contributed by atoms with van der Waals surface area (Å²) in [5.41, 5.74) is 2.74. The van der Waals surface area contributed by atoms with Crippen molar-refractivity contribution in [1.82, 2.24) is 19.5 Å². The number of fused-ring (bicyclic) bond motifs is 1. The number of hydrogen-bond donors (Lipinski definition) is 0. The zero-order valence-electron chi connectivity index (χ0n) is 9.30. The summed E-state index contributed by atoms with van der Waals surface area (Å²) < 4.78 is 1.97. The third-order valence-electron chi connectivity index (χ3n) is 3.03. The molecule has 0 saturated carbocycles. The zero-order valence-corrected chi connectivity index (χ0v) is 9.30. The summed E-state index contributed by atoms with van der Waals surface area (Å²) in [5.74, 6) is 0.736. The molecule has 1 aliphatic rings. The maximum atomic E-state index is 8.68. The normalized spacial score (nSPS) is 14.1.